The first kappa shape index (κ1) is 17.3. The lowest BCUT2D eigenvalue weighted by molar-refractivity contribution is 0.211. The van der Waals surface area contributed by atoms with Gasteiger partial charge in [0, 0.05) is 12.6 Å². The Morgan fingerprint density at radius 3 is 2.48 bits per heavy atom. The van der Waals surface area contributed by atoms with Crippen LogP contribution in [0.1, 0.15) is 78.1 Å². The van der Waals surface area contributed by atoms with Gasteiger partial charge in [-0.1, -0.05) is 39.5 Å². The lowest BCUT2D eigenvalue weighted by Gasteiger charge is -2.31. The molecule has 2 unspecified atom stereocenters. The molecule has 0 radical (unpaired) electrons. The number of likely N-dealkylation sites (tertiary alicyclic amines) is 1. The predicted molar refractivity (Wildman–Crippen MR) is 92.7 cm³/mol. The summed E-state index contributed by atoms with van der Waals surface area (Å²) in [7, 11) is 0. The summed E-state index contributed by atoms with van der Waals surface area (Å²) in [5.74, 6) is 1.96. The van der Waals surface area contributed by atoms with Crippen molar-refractivity contribution in [2.75, 3.05) is 26.2 Å². The summed E-state index contributed by atoms with van der Waals surface area (Å²) in [6.07, 6.45) is 14.3. The number of hydrogen-bond acceptors (Lipinski definition) is 2. The van der Waals surface area contributed by atoms with Gasteiger partial charge in [0.2, 0.25) is 0 Å². The van der Waals surface area contributed by atoms with Crippen LogP contribution in [0.4, 0.5) is 0 Å². The van der Waals surface area contributed by atoms with Crippen LogP contribution < -0.4 is 5.32 Å². The third-order valence-corrected chi connectivity index (χ3v) is 5.72. The molecule has 124 valence electrons. The molecular weight excluding hydrogens is 256 g/mol. The number of nitrogens with one attached hydrogen (secondary N) is 1. The van der Waals surface area contributed by atoms with Crippen LogP contribution in [0.5, 0.6) is 0 Å². The van der Waals surface area contributed by atoms with Crippen LogP contribution >= 0.6 is 0 Å². The van der Waals surface area contributed by atoms with E-state index in [4.69, 9.17) is 0 Å². The van der Waals surface area contributed by atoms with Gasteiger partial charge >= 0.3 is 0 Å². The van der Waals surface area contributed by atoms with Gasteiger partial charge in [-0.15, -0.1) is 0 Å². The topological polar surface area (TPSA) is 15.3 Å². The largest absolute Gasteiger partial charge is 0.312 e. The summed E-state index contributed by atoms with van der Waals surface area (Å²) in [5.41, 5.74) is 0. The Morgan fingerprint density at radius 2 is 1.76 bits per heavy atom. The molecule has 0 aromatic heterocycles. The molecule has 2 atom stereocenters. The van der Waals surface area contributed by atoms with E-state index >= 15 is 0 Å². The Labute approximate surface area is 133 Å². The van der Waals surface area contributed by atoms with E-state index in [1.54, 1.807) is 0 Å². The molecule has 21 heavy (non-hydrogen) atoms. The molecule has 2 fully saturated rings. The number of hydrogen-bond donors (Lipinski definition) is 1. The Morgan fingerprint density at radius 1 is 0.952 bits per heavy atom. The van der Waals surface area contributed by atoms with Crippen LogP contribution in [-0.4, -0.2) is 37.1 Å². The van der Waals surface area contributed by atoms with E-state index in [2.05, 4.69) is 24.1 Å². The minimum absolute atomic E-state index is 0.759. The quantitative estimate of drug-likeness (QED) is 0.711. The third-order valence-electron chi connectivity index (χ3n) is 5.72. The van der Waals surface area contributed by atoms with Gasteiger partial charge in [0.1, 0.15) is 0 Å². The van der Waals surface area contributed by atoms with Crippen molar-refractivity contribution >= 4 is 0 Å². The average molecular weight is 295 g/mol. The summed E-state index contributed by atoms with van der Waals surface area (Å²) < 4.78 is 0. The molecule has 1 aliphatic heterocycles. The lowest BCUT2D eigenvalue weighted by atomic mass is 9.96. The van der Waals surface area contributed by atoms with Gasteiger partial charge in [-0.25, -0.2) is 0 Å². The van der Waals surface area contributed by atoms with Gasteiger partial charge in [0.05, 0.1) is 0 Å². The summed E-state index contributed by atoms with van der Waals surface area (Å²) >= 11 is 0. The van der Waals surface area contributed by atoms with E-state index in [1.165, 1.54) is 90.4 Å². The van der Waals surface area contributed by atoms with Crippen LogP contribution in [-0.2, 0) is 0 Å². The van der Waals surface area contributed by atoms with E-state index in [9.17, 15) is 0 Å². The van der Waals surface area contributed by atoms with E-state index in [-0.39, 0.29) is 0 Å². The zero-order valence-corrected chi connectivity index (χ0v) is 14.6. The van der Waals surface area contributed by atoms with E-state index < -0.39 is 0 Å². The molecule has 1 saturated carbocycles. The first-order valence-corrected chi connectivity index (χ1v) is 9.79. The number of nitrogens with zero attached hydrogens (tertiary/aromatic N) is 1. The standard InChI is InChI=1S/C19H38N2/c1-3-8-17-9-7-14-21(15-12-17)16-19(20-13-4-2)18-10-5-6-11-18/h17-20H,3-16H2,1-2H3. The van der Waals surface area contributed by atoms with Crippen LogP contribution in [0.3, 0.4) is 0 Å². The van der Waals surface area contributed by atoms with E-state index in [0.29, 0.717) is 0 Å². The fourth-order valence-electron chi connectivity index (χ4n) is 4.45. The molecule has 2 aliphatic rings. The predicted octanol–water partition coefficient (Wildman–Crippen LogP) is 4.45. The van der Waals surface area contributed by atoms with Gasteiger partial charge in [-0.3, -0.25) is 0 Å². The fraction of sp³-hybridized carbons (Fsp3) is 1.00. The smallest absolute Gasteiger partial charge is 0.0223 e. The SMILES string of the molecule is CCCNC(CN1CCCC(CCC)CC1)C1CCCC1. The van der Waals surface area contributed by atoms with Crippen molar-refractivity contribution in [2.45, 2.75) is 84.1 Å². The summed E-state index contributed by atoms with van der Waals surface area (Å²) in [6, 6.07) is 0.759. The minimum atomic E-state index is 0.759. The third kappa shape index (κ3) is 5.90. The molecule has 1 N–H and O–H groups in total. The zero-order valence-electron chi connectivity index (χ0n) is 14.6. The second-order valence-electron chi connectivity index (χ2n) is 7.49. The van der Waals surface area contributed by atoms with E-state index in [0.717, 1.165) is 17.9 Å². The Bertz CT molecular complexity index is 260. The van der Waals surface area contributed by atoms with Crippen LogP contribution in [0.2, 0.25) is 0 Å². The van der Waals surface area contributed by atoms with Crippen molar-refractivity contribution in [3.05, 3.63) is 0 Å². The Kier molecular flexibility index (Phi) is 8.10. The molecule has 1 aliphatic carbocycles. The maximum atomic E-state index is 3.87. The molecule has 1 heterocycles. The van der Waals surface area contributed by atoms with Crippen molar-refractivity contribution in [1.82, 2.24) is 10.2 Å². The summed E-state index contributed by atoms with van der Waals surface area (Å²) in [5, 5.41) is 3.87. The molecule has 1 saturated heterocycles. The van der Waals surface area contributed by atoms with Crippen molar-refractivity contribution in [3.63, 3.8) is 0 Å². The molecule has 0 aromatic rings. The second kappa shape index (κ2) is 9.84. The zero-order chi connectivity index (χ0) is 14.9. The van der Waals surface area contributed by atoms with Gasteiger partial charge in [-0.2, -0.15) is 0 Å². The van der Waals surface area contributed by atoms with Crippen molar-refractivity contribution in [2.24, 2.45) is 11.8 Å². The fourth-order valence-corrected chi connectivity index (χ4v) is 4.45. The molecule has 2 rings (SSSR count). The molecular formula is C19H38N2. The first-order valence-electron chi connectivity index (χ1n) is 9.79. The second-order valence-corrected chi connectivity index (χ2v) is 7.49. The van der Waals surface area contributed by atoms with Crippen LogP contribution in [0.15, 0.2) is 0 Å². The average Bonchev–Trinajstić information content (AvgIpc) is 2.93. The van der Waals surface area contributed by atoms with Crippen LogP contribution in [0, 0.1) is 11.8 Å². The van der Waals surface area contributed by atoms with Gasteiger partial charge in [0.25, 0.3) is 0 Å². The highest BCUT2D eigenvalue weighted by Gasteiger charge is 2.27. The van der Waals surface area contributed by atoms with Crippen molar-refractivity contribution in [1.29, 1.82) is 0 Å². The molecule has 0 bridgehead atoms. The number of rotatable bonds is 8. The monoisotopic (exact) mass is 294 g/mol. The molecule has 0 amide bonds. The normalized spacial score (nSPS) is 26.9. The molecule has 2 nitrogen and oxygen atoms in total. The highest BCUT2D eigenvalue weighted by molar-refractivity contribution is 4.84. The molecule has 0 spiro atoms. The molecule has 0 aromatic carbocycles. The van der Waals surface area contributed by atoms with Gasteiger partial charge in [0.15, 0.2) is 0 Å². The maximum absolute atomic E-state index is 3.87. The minimum Gasteiger partial charge on any atom is -0.312 e. The first-order chi connectivity index (χ1) is 10.3. The van der Waals surface area contributed by atoms with Gasteiger partial charge in [-0.05, 0) is 70.0 Å². The van der Waals surface area contributed by atoms with Crippen molar-refractivity contribution < 1.29 is 0 Å². The highest BCUT2D eigenvalue weighted by atomic mass is 15.1. The Hall–Kier alpha value is -0.0800. The van der Waals surface area contributed by atoms with Crippen LogP contribution in [0.25, 0.3) is 0 Å². The molecule has 2 heteroatoms. The summed E-state index contributed by atoms with van der Waals surface area (Å²) in [4.78, 5) is 2.78. The lowest BCUT2D eigenvalue weighted by Crippen LogP contribution is -2.45. The van der Waals surface area contributed by atoms with Gasteiger partial charge < -0.3 is 10.2 Å². The Balaban J connectivity index is 1.80. The van der Waals surface area contributed by atoms with E-state index in [1.807, 2.05) is 0 Å². The van der Waals surface area contributed by atoms with Crippen molar-refractivity contribution in [3.8, 4) is 0 Å². The maximum Gasteiger partial charge on any atom is 0.0223 e. The highest BCUT2D eigenvalue weighted by Crippen LogP contribution is 2.29. The summed E-state index contributed by atoms with van der Waals surface area (Å²) in [6.45, 7) is 9.84.